The number of esters is 2. The fourth-order valence-corrected chi connectivity index (χ4v) is 2.00. The highest BCUT2D eigenvalue weighted by molar-refractivity contribution is 5.82. The Morgan fingerprint density at radius 2 is 1.19 bits per heavy atom. The highest BCUT2D eigenvalue weighted by Gasteiger charge is 2.36. The molecule has 1 aliphatic rings. The molecule has 0 aromatic rings. The zero-order valence-electron chi connectivity index (χ0n) is 10.6. The molecule has 0 spiro atoms. The van der Waals surface area contributed by atoms with Crippen molar-refractivity contribution in [2.24, 2.45) is 11.8 Å². The minimum absolute atomic E-state index is 0.292. The smallest absolute Gasteiger partial charge is 0.309 e. The normalized spacial score (nSPS) is 23.8. The SMILES string of the molecule is CC.COC(=O)C1CCCCC1C(=O)OC. The van der Waals surface area contributed by atoms with Crippen molar-refractivity contribution in [1.82, 2.24) is 0 Å². The Kier molecular flexibility index (Phi) is 7.60. The Labute approximate surface area is 97.3 Å². The highest BCUT2D eigenvalue weighted by Crippen LogP contribution is 2.31. The van der Waals surface area contributed by atoms with Crippen LogP contribution in [0.1, 0.15) is 39.5 Å². The van der Waals surface area contributed by atoms with Gasteiger partial charge < -0.3 is 9.47 Å². The summed E-state index contributed by atoms with van der Waals surface area (Å²) in [5, 5.41) is 0. The molecular formula is C12H22O4. The van der Waals surface area contributed by atoms with Crippen LogP contribution < -0.4 is 0 Å². The summed E-state index contributed by atoms with van der Waals surface area (Å²) in [6, 6.07) is 0. The van der Waals surface area contributed by atoms with E-state index in [-0.39, 0.29) is 23.8 Å². The monoisotopic (exact) mass is 230 g/mol. The van der Waals surface area contributed by atoms with Gasteiger partial charge in [-0.15, -0.1) is 0 Å². The largest absolute Gasteiger partial charge is 0.469 e. The predicted octanol–water partition coefficient (Wildman–Crippen LogP) is 2.17. The van der Waals surface area contributed by atoms with Gasteiger partial charge in [0.25, 0.3) is 0 Å². The third-order valence-electron chi connectivity index (χ3n) is 2.77. The Bertz CT molecular complexity index is 201. The molecule has 0 bridgehead atoms. The first-order chi connectivity index (χ1) is 7.70. The van der Waals surface area contributed by atoms with Crippen molar-refractivity contribution >= 4 is 11.9 Å². The molecule has 0 amide bonds. The van der Waals surface area contributed by atoms with Crippen LogP contribution >= 0.6 is 0 Å². The standard InChI is InChI=1S/C10H16O4.C2H6/c1-13-9(11)7-5-3-4-6-8(7)10(12)14-2;1-2/h7-8H,3-6H2,1-2H3;1-2H3. The van der Waals surface area contributed by atoms with Gasteiger partial charge in [0.05, 0.1) is 26.1 Å². The Balaban J connectivity index is 0.00000106. The van der Waals surface area contributed by atoms with E-state index in [1.54, 1.807) is 0 Å². The summed E-state index contributed by atoms with van der Waals surface area (Å²) in [5.74, 6) is -1.19. The van der Waals surface area contributed by atoms with E-state index in [1.165, 1.54) is 14.2 Å². The lowest BCUT2D eigenvalue weighted by Crippen LogP contribution is -2.34. The molecular weight excluding hydrogens is 208 g/mol. The number of carbonyl (C=O) groups is 2. The van der Waals surface area contributed by atoms with Gasteiger partial charge in [-0.3, -0.25) is 9.59 Å². The minimum atomic E-state index is -0.304. The van der Waals surface area contributed by atoms with E-state index in [0.29, 0.717) is 0 Å². The predicted molar refractivity (Wildman–Crippen MR) is 60.8 cm³/mol. The molecule has 1 rings (SSSR count). The highest BCUT2D eigenvalue weighted by atomic mass is 16.5. The summed E-state index contributed by atoms with van der Waals surface area (Å²) >= 11 is 0. The van der Waals surface area contributed by atoms with Gasteiger partial charge in [-0.2, -0.15) is 0 Å². The average molecular weight is 230 g/mol. The average Bonchev–Trinajstić information content (AvgIpc) is 2.39. The van der Waals surface area contributed by atoms with E-state index < -0.39 is 0 Å². The first-order valence-corrected chi connectivity index (χ1v) is 5.86. The van der Waals surface area contributed by atoms with E-state index in [4.69, 9.17) is 0 Å². The number of carbonyl (C=O) groups excluding carboxylic acids is 2. The topological polar surface area (TPSA) is 52.6 Å². The molecule has 0 aromatic carbocycles. The van der Waals surface area contributed by atoms with Gasteiger partial charge in [0.1, 0.15) is 0 Å². The Morgan fingerprint density at radius 3 is 1.44 bits per heavy atom. The third kappa shape index (κ3) is 3.83. The fourth-order valence-electron chi connectivity index (χ4n) is 2.00. The molecule has 0 saturated heterocycles. The molecule has 4 nitrogen and oxygen atoms in total. The number of methoxy groups -OCH3 is 2. The van der Waals surface area contributed by atoms with Crippen LogP contribution in [0.4, 0.5) is 0 Å². The van der Waals surface area contributed by atoms with E-state index in [1.807, 2.05) is 13.8 Å². The lowest BCUT2D eigenvalue weighted by molar-refractivity contribution is -0.159. The maximum Gasteiger partial charge on any atom is 0.309 e. The second-order valence-electron chi connectivity index (χ2n) is 3.54. The van der Waals surface area contributed by atoms with Crippen molar-refractivity contribution < 1.29 is 19.1 Å². The van der Waals surface area contributed by atoms with Gasteiger partial charge >= 0.3 is 11.9 Å². The number of ether oxygens (including phenoxy) is 2. The molecule has 0 heterocycles. The van der Waals surface area contributed by atoms with E-state index in [9.17, 15) is 9.59 Å². The van der Waals surface area contributed by atoms with Gasteiger partial charge in [0.2, 0.25) is 0 Å². The summed E-state index contributed by atoms with van der Waals surface area (Å²) in [7, 11) is 2.70. The van der Waals surface area contributed by atoms with Crippen molar-refractivity contribution in [3.8, 4) is 0 Å². The van der Waals surface area contributed by atoms with E-state index in [2.05, 4.69) is 9.47 Å². The summed E-state index contributed by atoms with van der Waals surface area (Å²) < 4.78 is 9.34. The summed E-state index contributed by atoms with van der Waals surface area (Å²) in [6.45, 7) is 4.00. The van der Waals surface area contributed by atoms with Gasteiger partial charge in [-0.25, -0.2) is 0 Å². The van der Waals surface area contributed by atoms with Gasteiger partial charge in [-0.1, -0.05) is 26.7 Å². The molecule has 2 unspecified atom stereocenters. The van der Waals surface area contributed by atoms with Crippen molar-refractivity contribution in [3.63, 3.8) is 0 Å². The Hall–Kier alpha value is -1.06. The van der Waals surface area contributed by atoms with Crippen LogP contribution in [0, 0.1) is 11.8 Å². The fraction of sp³-hybridized carbons (Fsp3) is 0.833. The molecule has 1 fully saturated rings. The lowest BCUT2D eigenvalue weighted by atomic mass is 9.79. The second-order valence-corrected chi connectivity index (χ2v) is 3.54. The number of rotatable bonds is 2. The van der Waals surface area contributed by atoms with Gasteiger partial charge in [0.15, 0.2) is 0 Å². The zero-order chi connectivity index (χ0) is 12.6. The summed E-state index contributed by atoms with van der Waals surface area (Å²) in [5.41, 5.74) is 0. The molecule has 1 aliphatic carbocycles. The molecule has 0 aromatic heterocycles. The van der Waals surface area contributed by atoms with E-state index in [0.717, 1.165) is 25.7 Å². The van der Waals surface area contributed by atoms with Crippen LogP contribution in [0.5, 0.6) is 0 Å². The zero-order valence-corrected chi connectivity index (χ0v) is 10.6. The Morgan fingerprint density at radius 1 is 0.875 bits per heavy atom. The maximum absolute atomic E-state index is 11.4. The van der Waals surface area contributed by atoms with Crippen LogP contribution in [0.2, 0.25) is 0 Å². The quantitative estimate of drug-likeness (QED) is 0.682. The van der Waals surface area contributed by atoms with Crippen LogP contribution in [0.3, 0.4) is 0 Å². The van der Waals surface area contributed by atoms with Crippen molar-refractivity contribution in [3.05, 3.63) is 0 Å². The van der Waals surface area contributed by atoms with Crippen LogP contribution in [0.25, 0.3) is 0 Å². The second kappa shape index (κ2) is 8.13. The van der Waals surface area contributed by atoms with Crippen LogP contribution in [0.15, 0.2) is 0 Å². The van der Waals surface area contributed by atoms with Crippen LogP contribution in [-0.4, -0.2) is 26.2 Å². The number of hydrogen-bond donors (Lipinski definition) is 0. The van der Waals surface area contributed by atoms with Crippen LogP contribution in [-0.2, 0) is 19.1 Å². The minimum Gasteiger partial charge on any atom is -0.469 e. The van der Waals surface area contributed by atoms with E-state index >= 15 is 0 Å². The number of hydrogen-bond acceptors (Lipinski definition) is 4. The lowest BCUT2D eigenvalue weighted by Gasteiger charge is -2.27. The summed E-state index contributed by atoms with van der Waals surface area (Å²) in [6.07, 6.45) is 3.42. The van der Waals surface area contributed by atoms with Crippen molar-refractivity contribution in [2.75, 3.05) is 14.2 Å². The molecule has 2 atom stereocenters. The van der Waals surface area contributed by atoms with Gasteiger partial charge in [0, 0.05) is 0 Å². The maximum atomic E-state index is 11.4. The molecule has 0 radical (unpaired) electrons. The molecule has 16 heavy (non-hydrogen) atoms. The molecule has 94 valence electrons. The van der Waals surface area contributed by atoms with Crippen molar-refractivity contribution in [1.29, 1.82) is 0 Å². The molecule has 4 heteroatoms. The van der Waals surface area contributed by atoms with Gasteiger partial charge in [-0.05, 0) is 12.8 Å². The van der Waals surface area contributed by atoms with Crippen molar-refractivity contribution in [2.45, 2.75) is 39.5 Å². The summed E-state index contributed by atoms with van der Waals surface area (Å²) in [4.78, 5) is 22.7. The molecule has 0 N–H and O–H groups in total. The first-order valence-electron chi connectivity index (χ1n) is 5.86. The molecule has 0 aliphatic heterocycles. The molecule has 1 saturated carbocycles. The first kappa shape index (κ1) is 14.9. The third-order valence-corrected chi connectivity index (χ3v) is 2.77.